The Bertz CT molecular complexity index is 4020. The van der Waals surface area contributed by atoms with Crippen molar-refractivity contribution in [3.63, 3.8) is 0 Å². The quantitative estimate of drug-likeness (QED) is 0.165. The van der Waals surface area contributed by atoms with Gasteiger partial charge in [0.05, 0.1) is 38.6 Å². The molecule has 3 heteroatoms. The molecule has 0 amide bonds. The van der Waals surface area contributed by atoms with Crippen molar-refractivity contribution in [2.75, 3.05) is 0 Å². The maximum atomic E-state index is 2.44. The molecule has 3 nitrogen and oxygen atoms in total. The van der Waals surface area contributed by atoms with Gasteiger partial charge in [0.15, 0.2) is 0 Å². The SMILES string of the molecule is c1ccc(-n2c3ccccc3c3cc(-c4ccc(-c5ccc6c(c5)c5ccccc5n6-c5ccc(-c6cc7c8ccccc8n8c9ccccc9c(c6)c78)cc5)cc4)ccc32)cc1. The van der Waals surface area contributed by atoms with Crippen LogP contribution in [0.15, 0.2) is 224 Å². The van der Waals surface area contributed by atoms with Crippen LogP contribution in [0.1, 0.15) is 0 Å². The first-order valence-corrected chi connectivity index (χ1v) is 21.8. The van der Waals surface area contributed by atoms with Crippen molar-refractivity contribution in [2.45, 2.75) is 0 Å². The Morgan fingerprint density at radius 3 is 1.03 bits per heavy atom. The van der Waals surface area contributed by atoms with Crippen LogP contribution >= 0.6 is 0 Å². The van der Waals surface area contributed by atoms with Crippen LogP contribution < -0.4 is 0 Å². The summed E-state index contributed by atoms with van der Waals surface area (Å²) >= 11 is 0. The molecule has 14 aromatic rings. The Morgan fingerprint density at radius 1 is 0.206 bits per heavy atom. The number of nitrogens with zero attached hydrogens (tertiary/aromatic N) is 3. The van der Waals surface area contributed by atoms with E-state index in [-0.39, 0.29) is 0 Å². The predicted octanol–water partition coefficient (Wildman–Crippen LogP) is 16.0. The zero-order valence-electron chi connectivity index (χ0n) is 34.2. The molecule has 10 aromatic carbocycles. The number of benzene rings is 10. The molecule has 0 aliphatic heterocycles. The van der Waals surface area contributed by atoms with Gasteiger partial charge >= 0.3 is 0 Å². The van der Waals surface area contributed by atoms with Crippen molar-refractivity contribution in [2.24, 2.45) is 0 Å². The van der Waals surface area contributed by atoms with Crippen LogP contribution in [0.5, 0.6) is 0 Å². The third-order valence-corrected chi connectivity index (χ3v) is 13.6. The van der Waals surface area contributed by atoms with Gasteiger partial charge in [0.1, 0.15) is 0 Å². The summed E-state index contributed by atoms with van der Waals surface area (Å²) in [6.45, 7) is 0. The lowest BCUT2D eigenvalue weighted by Crippen LogP contribution is -1.93. The highest BCUT2D eigenvalue weighted by Crippen LogP contribution is 2.43. The average Bonchev–Trinajstić information content (AvgIpc) is 4.08. The number of fused-ring (bicyclic) bond motifs is 12. The zero-order valence-corrected chi connectivity index (χ0v) is 34.2. The summed E-state index contributed by atoms with van der Waals surface area (Å²) in [7, 11) is 0. The van der Waals surface area contributed by atoms with Crippen LogP contribution in [0.25, 0.3) is 126 Å². The van der Waals surface area contributed by atoms with Crippen molar-refractivity contribution >= 4 is 81.7 Å². The maximum Gasteiger partial charge on any atom is 0.0620 e. The highest BCUT2D eigenvalue weighted by Gasteiger charge is 2.20. The maximum absolute atomic E-state index is 2.44. The predicted molar refractivity (Wildman–Crippen MR) is 266 cm³/mol. The van der Waals surface area contributed by atoms with Gasteiger partial charge in [-0.05, 0) is 118 Å². The van der Waals surface area contributed by atoms with Gasteiger partial charge in [-0.2, -0.15) is 0 Å². The summed E-state index contributed by atoms with van der Waals surface area (Å²) in [5.74, 6) is 0. The van der Waals surface area contributed by atoms with E-state index in [1.807, 2.05) is 0 Å². The minimum Gasteiger partial charge on any atom is -0.309 e. The number of para-hydroxylation sites is 5. The first-order valence-electron chi connectivity index (χ1n) is 21.8. The van der Waals surface area contributed by atoms with Crippen molar-refractivity contribution < 1.29 is 0 Å². The van der Waals surface area contributed by atoms with E-state index in [4.69, 9.17) is 0 Å². The van der Waals surface area contributed by atoms with Gasteiger partial charge in [-0.25, -0.2) is 0 Å². The van der Waals surface area contributed by atoms with Crippen LogP contribution in [-0.2, 0) is 0 Å². The lowest BCUT2D eigenvalue weighted by atomic mass is 9.98. The lowest BCUT2D eigenvalue weighted by molar-refractivity contribution is 1.18. The van der Waals surface area contributed by atoms with E-state index >= 15 is 0 Å². The molecule has 0 aliphatic carbocycles. The van der Waals surface area contributed by atoms with Gasteiger partial charge in [0, 0.05) is 54.5 Å². The van der Waals surface area contributed by atoms with E-state index in [2.05, 4.69) is 238 Å². The molecule has 0 saturated heterocycles. The second kappa shape index (κ2) is 13.1. The fourth-order valence-electron chi connectivity index (χ4n) is 10.7. The average molecular weight is 800 g/mol. The number of rotatable bonds is 5. The summed E-state index contributed by atoms with van der Waals surface area (Å²) in [4.78, 5) is 0. The van der Waals surface area contributed by atoms with Crippen LogP contribution in [0.3, 0.4) is 0 Å². The molecule has 0 spiro atoms. The minimum absolute atomic E-state index is 1.15. The Hall–Kier alpha value is -8.40. The molecule has 0 fully saturated rings. The highest BCUT2D eigenvalue weighted by atomic mass is 15.0. The summed E-state index contributed by atoms with van der Waals surface area (Å²) in [6.07, 6.45) is 0. The van der Waals surface area contributed by atoms with E-state index in [1.165, 1.54) is 121 Å². The van der Waals surface area contributed by atoms with Crippen LogP contribution in [0.4, 0.5) is 0 Å². The molecule has 0 radical (unpaired) electrons. The summed E-state index contributed by atoms with van der Waals surface area (Å²) in [5, 5.41) is 10.2. The summed E-state index contributed by atoms with van der Waals surface area (Å²) in [6, 6.07) is 82.6. The first kappa shape index (κ1) is 34.3. The molecule has 4 heterocycles. The number of aromatic nitrogens is 3. The van der Waals surface area contributed by atoms with Gasteiger partial charge in [-0.3, -0.25) is 0 Å². The van der Waals surface area contributed by atoms with Crippen molar-refractivity contribution in [1.82, 2.24) is 13.5 Å². The molecular formula is C60H37N3. The van der Waals surface area contributed by atoms with Gasteiger partial charge in [0.2, 0.25) is 0 Å². The molecule has 14 rings (SSSR count). The second-order valence-electron chi connectivity index (χ2n) is 16.9. The van der Waals surface area contributed by atoms with Crippen LogP contribution in [0.2, 0.25) is 0 Å². The Kier molecular flexibility index (Phi) is 7.11. The molecule has 4 aromatic heterocycles. The minimum atomic E-state index is 1.15. The topological polar surface area (TPSA) is 14.3 Å². The molecule has 63 heavy (non-hydrogen) atoms. The molecule has 0 bridgehead atoms. The molecule has 0 saturated carbocycles. The van der Waals surface area contributed by atoms with Crippen molar-refractivity contribution in [3.8, 4) is 44.8 Å². The van der Waals surface area contributed by atoms with Gasteiger partial charge in [0.25, 0.3) is 0 Å². The Morgan fingerprint density at radius 2 is 0.540 bits per heavy atom. The molecule has 0 aliphatic rings. The van der Waals surface area contributed by atoms with Crippen LogP contribution in [0, 0.1) is 0 Å². The smallest absolute Gasteiger partial charge is 0.0620 e. The Balaban J connectivity index is 0.825. The van der Waals surface area contributed by atoms with E-state index < -0.39 is 0 Å². The summed E-state index contributed by atoms with van der Waals surface area (Å²) < 4.78 is 7.23. The third-order valence-electron chi connectivity index (χ3n) is 13.6. The molecule has 0 atom stereocenters. The number of hydrogen-bond donors (Lipinski definition) is 0. The van der Waals surface area contributed by atoms with Crippen molar-refractivity contribution in [3.05, 3.63) is 224 Å². The lowest BCUT2D eigenvalue weighted by Gasteiger charge is -2.11. The van der Waals surface area contributed by atoms with Gasteiger partial charge < -0.3 is 13.5 Å². The normalized spacial score (nSPS) is 12.1. The molecular weight excluding hydrogens is 763 g/mol. The van der Waals surface area contributed by atoms with E-state index in [0.717, 1.165) is 5.69 Å². The first-order chi connectivity index (χ1) is 31.2. The zero-order chi connectivity index (χ0) is 41.2. The van der Waals surface area contributed by atoms with Crippen LogP contribution in [-0.4, -0.2) is 13.5 Å². The summed E-state index contributed by atoms with van der Waals surface area (Å²) in [5.41, 5.74) is 18.3. The van der Waals surface area contributed by atoms with Crippen molar-refractivity contribution in [1.29, 1.82) is 0 Å². The molecule has 0 N–H and O–H groups in total. The second-order valence-corrected chi connectivity index (χ2v) is 16.9. The number of hydrogen-bond acceptors (Lipinski definition) is 0. The van der Waals surface area contributed by atoms with E-state index in [0.29, 0.717) is 0 Å². The fourth-order valence-corrected chi connectivity index (χ4v) is 10.7. The van der Waals surface area contributed by atoms with Gasteiger partial charge in [-0.1, -0.05) is 140 Å². The molecule has 0 unspecified atom stereocenters. The standard InChI is InChI=1S/C60H37N3/c1-2-12-44(13-3-1)61-54-18-8-4-14-46(54)50-34-41(28-32-58(50)61)38-22-24-39(25-23-38)42-29-33-59-51(35-42)47-15-5-9-19-55(47)62(59)45-30-26-40(27-31-45)43-36-52-48-16-6-10-20-56(48)63-57-21-11-7-17-49(57)53(37-43)60(52)63/h1-37H. The Labute approximate surface area is 362 Å². The fraction of sp³-hybridized carbons (Fsp3) is 0. The third kappa shape index (κ3) is 4.96. The highest BCUT2D eigenvalue weighted by molar-refractivity contribution is 6.24. The van der Waals surface area contributed by atoms with E-state index in [9.17, 15) is 0 Å². The molecule has 292 valence electrons. The monoisotopic (exact) mass is 799 g/mol. The largest absolute Gasteiger partial charge is 0.309 e. The van der Waals surface area contributed by atoms with Gasteiger partial charge in [-0.15, -0.1) is 0 Å². The van der Waals surface area contributed by atoms with E-state index in [1.54, 1.807) is 0 Å².